The van der Waals surface area contributed by atoms with E-state index in [1.807, 2.05) is 6.20 Å². The molecule has 0 bridgehead atoms. The maximum Gasteiger partial charge on any atom is 0.0665 e. The van der Waals surface area contributed by atoms with Crippen molar-refractivity contribution in [1.82, 2.24) is 9.78 Å². The van der Waals surface area contributed by atoms with Crippen LogP contribution in [0.3, 0.4) is 0 Å². The molecule has 0 amide bonds. The molecule has 18 heavy (non-hydrogen) atoms. The lowest BCUT2D eigenvalue weighted by Crippen LogP contribution is -2.09. The van der Waals surface area contributed by atoms with Crippen LogP contribution in [0.4, 0.5) is 0 Å². The largest absolute Gasteiger partial charge is 0.265 e. The molecule has 1 heterocycles. The maximum atomic E-state index is 4.53. The van der Waals surface area contributed by atoms with Crippen LogP contribution in [0.25, 0.3) is 0 Å². The van der Waals surface area contributed by atoms with Crippen LogP contribution in [0.2, 0.25) is 0 Å². The van der Waals surface area contributed by atoms with Crippen LogP contribution in [0, 0.1) is 6.92 Å². The first-order valence-electron chi connectivity index (χ1n) is 6.28. The van der Waals surface area contributed by atoms with Crippen LogP contribution in [-0.4, -0.2) is 9.78 Å². The van der Waals surface area contributed by atoms with E-state index >= 15 is 0 Å². The summed E-state index contributed by atoms with van der Waals surface area (Å²) in [5.41, 5.74) is 5.28. The molecule has 0 saturated carbocycles. The molecule has 3 heteroatoms. The van der Waals surface area contributed by atoms with Crippen LogP contribution in [-0.2, 0) is 11.9 Å². The summed E-state index contributed by atoms with van der Waals surface area (Å²) in [5.74, 6) is 0.490. The Balaban J connectivity index is 2.35. The van der Waals surface area contributed by atoms with Gasteiger partial charge in [0.2, 0.25) is 0 Å². The molecule has 0 atom stereocenters. The highest BCUT2D eigenvalue weighted by Gasteiger charge is 2.13. The van der Waals surface area contributed by atoms with E-state index in [2.05, 4.69) is 70.7 Å². The van der Waals surface area contributed by atoms with Crippen LogP contribution in [0.1, 0.15) is 42.1 Å². The number of alkyl halides is 1. The molecule has 2 aromatic rings. The molecule has 96 valence electrons. The molecule has 0 aliphatic carbocycles. The molecule has 0 radical (unpaired) electrons. The molecule has 0 fully saturated rings. The first-order chi connectivity index (χ1) is 8.63. The minimum Gasteiger partial charge on any atom is -0.265 e. The fourth-order valence-corrected chi connectivity index (χ4v) is 2.71. The van der Waals surface area contributed by atoms with Gasteiger partial charge in [0.15, 0.2) is 0 Å². The van der Waals surface area contributed by atoms with Crippen molar-refractivity contribution in [3.63, 3.8) is 0 Å². The highest BCUT2D eigenvalue weighted by molar-refractivity contribution is 9.08. The van der Waals surface area contributed by atoms with Gasteiger partial charge in [-0.2, -0.15) is 5.10 Å². The lowest BCUT2D eigenvalue weighted by Gasteiger charge is -2.13. The van der Waals surface area contributed by atoms with Crippen LogP contribution >= 0.6 is 15.9 Å². The monoisotopic (exact) mass is 306 g/mol. The molecular formula is C15H19BrN2. The number of hydrogen-bond acceptors (Lipinski definition) is 1. The maximum absolute atomic E-state index is 4.53. The Morgan fingerprint density at radius 3 is 2.56 bits per heavy atom. The molecule has 0 saturated heterocycles. The minimum atomic E-state index is 0.490. The van der Waals surface area contributed by atoms with Gasteiger partial charge in [-0.1, -0.05) is 54.0 Å². The number of nitrogens with zero attached hydrogens (tertiary/aromatic N) is 2. The lowest BCUT2D eigenvalue weighted by molar-refractivity contribution is 0.614. The van der Waals surface area contributed by atoms with Gasteiger partial charge in [0.25, 0.3) is 0 Å². The summed E-state index contributed by atoms with van der Waals surface area (Å²) in [7, 11) is 0. The number of benzene rings is 1. The van der Waals surface area contributed by atoms with Gasteiger partial charge in [-0.3, -0.25) is 4.68 Å². The van der Waals surface area contributed by atoms with Crippen molar-refractivity contribution < 1.29 is 0 Å². The smallest absolute Gasteiger partial charge is 0.0665 e. The second-order valence-electron chi connectivity index (χ2n) is 4.93. The molecule has 1 aromatic carbocycles. The first-order valence-corrected chi connectivity index (χ1v) is 7.40. The lowest BCUT2D eigenvalue weighted by atomic mass is 10.1. The molecular weight excluding hydrogens is 288 g/mol. The Bertz CT molecular complexity index is 529. The van der Waals surface area contributed by atoms with Gasteiger partial charge < -0.3 is 0 Å². The van der Waals surface area contributed by atoms with Gasteiger partial charge in [-0.05, 0) is 24.0 Å². The number of hydrogen-bond donors (Lipinski definition) is 0. The van der Waals surface area contributed by atoms with Crippen molar-refractivity contribution in [3.8, 4) is 0 Å². The predicted molar refractivity (Wildman–Crippen MR) is 79.2 cm³/mol. The molecule has 0 aliphatic rings. The highest BCUT2D eigenvalue weighted by Crippen LogP contribution is 2.22. The van der Waals surface area contributed by atoms with Crippen molar-refractivity contribution in [3.05, 3.63) is 52.8 Å². The van der Waals surface area contributed by atoms with Crippen LogP contribution in [0.5, 0.6) is 0 Å². The average molecular weight is 307 g/mol. The fourth-order valence-electron chi connectivity index (χ4n) is 2.28. The zero-order chi connectivity index (χ0) is 13.1. The summed E-state index contributed by atoms with van der Waals surface area (Å²) in [6.45, 7) is 7.45. The van der Waals surface area contributed by atoms with E-state index in [1.165, 1.54) is 22.4 Å². The van der Waals surface area contributed by atoms with Crippen molar-refractivity contribution in [2.75, 3.05) is 0 Å². The Kier molecular flexibility index (Phi) is 4.23. The zero-order valence-electron chi connectivity index (χ0n) is 11.2. The van der Waals surface area contributed by atoms with E-state index in [1.54, 1.807) is 0 Å². The van der Waals surface area contributed by atoms with E-state index in [0.29, 0.717) is 5.92 Å². The molecule has 0 aliphatic heterocycles. The second-order valence-corrected chi connectivity index (χ2v) is 5.49. The fraction of sp³-hybridized carbons (Fsp3) is 0.400. The SMILES string of the molecule is Cc1ccccc1Cn1ncc(CBr)c1C(C)C. The van der Waals surface area contributed by atoms with Gasteiger partial charge in [-0.15, -0.1) is 0 Å². The van der Waals surface area contributed by atoms with Gasteiger partial charge in [0.1, 0.15) is 0 Å². The quantitative estimate of drug-likeness (QED) is 0.772. The Morgan fingerprint density at radius 2 is 1.94 bits per heavy atom. The first kappa shape index (κ1) is 13.3. The number of aromatic nitrogens is 2. The Hall–Kier alpha value is -1.09. The molecule has 0 unspecified atom stereocenters. The van der Waals surface area contributed by atoms with Crippen molar-refractivity contribution >= 4 is 15.9 Å². The molecule has 2 nitrogen and oxygen atoms in total. The van der Waals surface area contributed by atoms with Gasteiger partial charge in [0, 0.05) is 16.6 Å². The third-order valence-corrected chi connectivity index (χ3v) is 3.84. The predicted octanol–water partition coefficient (Wildman–Crippen LogP) is 4.26. The summed E-state index contributed by atoms with van der Waals surface area (Å²) in [6, 6.07) is 8.50. The van der Waals surface area contributed by atoms with Gasteiger partial charge in [0.05, 0.1) is 12.7 Å². The van der Waals surface area contributed by atoms with E-state index < -0.39 is 0 Å². The normalized spacial score (nSPS) is 11.2. The molecule has 1 aromatic heterocycles. The Morgan fingerprint density at radius 1 is 1.22 bits per heavy atom. The topological polar surface area (TPSA) is 17.8 Å². The molecule has 2 rings (SSSR count). The summed E-state index contributed by atoms with van der Waals surface area (Å²) in [4.78, 5) is 0. The minimum absolute atomic E-state index is 0.490. The van der Waals surface area contributed by atoms with E-state index in [9.17, 15) is 0 Å². The third-order valence-electron chi connectivity index (χ3n) is 3.23. The van der Waals surface area contributed by atoms with Crippen molar-refractivity contribution in [2.45, 2.75) is 38.6 Å². The van der Waals surface area contributed by atoms with E-state index in [0.717, 1.165) is 11.9 Å². The van der Waals surface area contributed by atoms with Crippen molar-refractivity contribution in [2.24, 2.45) is 0 Å². The summed E-state index contributed by atoms with van der Waals surface area (Å²) in [6.07, 6.45) is 1.97. The third kappa shape index (κ3) is 2.66. The number of halogens is 1. The van der Waals surface area contributed by atoms with Crippen molar-refractivity contribution in [1.29, 1.82) is 0 Å². The summed E-state index contributed by atoms with van der Waals surface area (Å²) in [5, 5.41) is 5.40. The number of aryl methyl sites for hydroxylation is 1. The standard InChI is InChI=1S/C15H19BrN2/c1-11(2)15-14(8-16)9-17-18(15)10-13-7-5-4-6-12(13)3/h4-7,9,11H,8,10H2,1-3H3. The zero-order valence-corrected chi connectivity index (χ0v) is 12.7. The molecule has 0 spiro atoms. The van der Waals surface area contributed by atoms with E-state index in [-0.39, 0.29) is 0 Å². The second kappa shape index (κ2) is 5.70. The summed E-state index contributed by atoms with van der Waals surface area (Å²) < 4.78 is 2.13. The van der Waals surface area contributed by atoms with Gasteiger partial charge in [-0.25, -0.2) is 0 Å². The summed E-state index contributed by atoms with van der Waals surface area (Å²) >= 11 is 3.54. The Labute approximate surface area is 117 Å². The number of rotatable bonds is 4. The van der Waals surface area contributed by atoms with Gasteiger partial charge >= 0.3 is 0 Å². The highest BCUT2D eigenvalue weighted by atomic mass is 79.9. The average Bonchev–Trinajstić information content (AvgIpc) is 2.75. The molecule has 0 N–H and O–H groups in total. The van der Waals surface area contributed by atoms with Crippen LogP contribution in [0.15, 0.2) is 30.5 Å². The van der Waals surface area contributed by atoms with Crippen LogP contribution < -0.4 is 0 Å². The van der Waals surface area contributed by atoms with E-state index in [4.69, 9.17) is 0 Å².